The summed E-state index contributed by atoms with van der Waals surface area (Å²) in [5.74, 6) is 2.18. The van der Waals surface area contributed by atoms with E-state index in [2.05, 4.69) is 15.1 Å². The SMILES string of the molecule is CCOc1ccc2nc(SCC(=O)N3N=C(c4ccco4)CC3c3ccco3)[nH]c2c1. The van der Waals surface area contributed by atoms with E-state index in [1.807, 2.05) is 43.3 Å². The van der Waals surface area contributed by atoms with Gasteiger partial charge in [0.2, 0.25) is 0 Å². The number of imidazole rings is 1. The Balaban J connectivity index is 1.32. The number of aromatic amines is 1. The average molecular weight is 436 g/mol. The normalized spacial score (nSPS) is 16.1. The Morgan fingerprint density at radius 3 is 2.90 bits per heavy atom. The van der Waals surface area contributed by atoms with Crippen LogP contribution in [0.5, 0.6) is 5.75 Å². The molecule has 4 heterocycles. The van der Waals surface area contributed by atoms with Gasteiger partial charge in [0.05, 0.1) is 35.9 Å². The van der Waals surface area contributed by atoms with Crippen LogP contribution < -0.4 is 4.74 Å². The van der Waals surface area contributed by atoms with Gasteiger partial charge < -0.3 is 18.6 Å². The summed E-state index contributed by atoms with van der Waals surface area (Å²) in [6, 6.07) is 12.7. The molecule has 0 saturated heterocycles. The molecular formula is C22H20N4O4S. The van der Waals surface area contributed by atoms with Gasteiger partial charge in [-0.25, -0.2) is 9.99 Å². The quantitative estimate of drug-likeness (QED) is 0.425. The van der Waals surface area contributed by atoms with E-state index in [1.54, 1.807) is 18.6 Å². The van der Waals surface area contributed by atoms with Crippen molar-refractivity contribution in [1.82, 2.24) is 15.0 Å². The molecule has 158 valence electrons. The van der Waals surface area contributed by atoms with Crippen LogP contribution in [0.4, 0.5) is 0 Å². The summed E-state index contributed by atoms with van der Waals surface area (Å²) >= 11 is 1.34. The van der Waals surface area contributed by atoms with E-state index in [4.69, 9.17) is 13.6 Å². The minimum absolute atomic E-state index is 0.136. The standard InChI is InChI=1S/C22H20N4O4S/c1-2-28-14-7-8-15-16(11-14)24-22(23-15)31-13-21(27)26-18(20-6-4-10-30-20)12-17(25-26)19-5-3-9-29-19/h3-11,18H,2,12-13H2,1H3,(H,23,24). The lowest BCUT2D eigenvalue weighted by atomic mass is 10.1. The van der Waals surface area contributed by atoms with E-state index in [1.165, 1.54) is 16.8 Å². The van der Waals surface area contributed by atoms with Crippen molar-refractivity contribution in [1.29, 1.82) is 0 Å². The second-order valence-electron chi connectivity index (χ2n) is 6.94. The fourth-order valence-corrected chi connectivity index (χ4v) is 4.26. The maximum atomic E-state index is 13.1. The van der Waals surface area contributed by atoms with Crippen molar-refractivity contribution in [3.63, 3.8) is 0 Å². The molecule has 8 nitrogen and oxygen atoms in total. The highest BCUT2D eigenvalue weighted by atomic mass is 32.2. The maximum absolute atomic E-state index is 13.1. The molecule has 3 aromatic heterocycles. The predicted octanol–water partition coefficient (Wildman–Crippen LogP) is 4.62. The number of hydrogen-bond acceptors (Lipinski definition) is 7. The van der Waals surface area contributed by atoms with Crippen LogP contribution >= 0.6 is 11.8 Å². The molecule has 0 aliphatic carbocycles. The summed E-state index contributed by atoms with van der Waals surface area (Å²) in [6.07, 6.45) is 3.73. The number of carbonyl (C=O) groups excluding carboxylic acids is 1. The molecule has 4 aromatic rings. The number of hydrogen-bond donors (Lipinski definition) is 1. The fourth-order valence-electron chi connectivity index (χ4n) is 3.52. The van der Waals surface area contributed by atoms with Crippen molar-refractivity contribution in [2.45, 2.75) is 24.5 Å². The first kappa shape index (κ1) is 19.5. The van der Waals surface area contributed by atoms with Crippen molar-refractivity contribution in [2.75, 3.05) is 12.4 Å². The minimum Gasteiger partial charge on any atom is -0.494 e. The van der Waals surface area contributed by atoms with Crippen LogP contribution in [0.3, 0.4) is 0 Å². The zero-order valence-corrected chi connectivity index (χ0v) is 17.6. The van der Waals surface area contributed by atoms with Crippen molar-refractivity contribution >= 4 is 34.4 Å². The van der Waals surface area contributed by atoms with Crippen molar-refractivity contribution in [3.8, 4) is 5.75 Å². The van der Waals surface area contributed by atoms with Gasteiger partial charge in [0, 0.05) is 12.5 Å². The Hall–Kier alpha value is -3.46. The van der Waals surface area contributed by atoms with Crippen LogP contribution in [0.1, 0.15) is 30.9 Å². The number of nitrogens with zero attached hydrogens (tertiary/aromatic N) is 3. The van der Waals surface area contributed by atoms with Gasteiger partial charge in [0.25, 0.3) is 5.91 Å². The maximum Gasteiger partial charge on any atom is 0.253 e. The number of amides is 1. The Morgan fingerprint density at radius 2 is 2.13 bits per heavy atom. The Morgan fingerprint density at radius 1 is 1.26 bits per heavy atom. The summed E-state index contributed by atoms with van der Waals surface area (Å²) in [6.45, 7) is 2.54. The number of fused-ring (bicyclic) bond motifs is 1. The minimum atomic E-state index is -0.298. The van der Waals surface area contributed by atoms with Crippen molar-refractivity contribution in [2.24, 2.45) is 5.10 Å². The number of furan rings is 2. The number of hydrazone groups is 1. The monoisotopic (exact) mass is 436 g/mol. The molecule has 5 rings (SSSR count). The van der Waals surface area contributed by atoms with Gasteiger partial charge in [-0.05, 0) is 43.3 Å². The first-order valence-electron chi connectivity index (χ1n) is 9.93. The molecule has 0 spiro atoms. The molecule has 0 radical (unpaired) electrons. The van der Waals surface area contributed by atoms with Crippen LogP contribution in [-0.2, 0) is 4.79 Å². The van der Waals surface area contributed by atoms with E-state index in [0.717, 1.165) is 22.5 Å². The topological polar surface area (TPSA) is 96.9 Å². The van der Waals surface area contributed by atoms with Gasteiger partial charge in [0.1, 0.15) is 29.0 Å². The number of nitrogens with one attached hydrogen (secondary N) is 1. The van der Waals surface area contributed by atoms with Gasteiger partial charge in [0.15, 0.2) is 5.16 Å². The molecule has 0 bridgehead atoms. The molecule has 0 saturated carbocycles. The predicted molar refractivity (Wildman–Crippen MR) is 116 cm³/mol. The lowest BCUT2D eigenvalue weighted by Gasteiger charge is -2.19. The first-order chi connectivity index (χ1) is 15.2. The number of benzene rings is 1. The van der Waals surface area contributed by atoms with Gasteiger partial charge >= 0.3 is 0 Å². The van der Waals surface area contributed by atoms with E-state index >= 15 is 0 Å². The van der Waals surface area contributed by atoms with E-state index in [0.29, 0.717) is 29.7 Å². The molecule has 9 heteroatoms. The van der Waals surface area contributed by atoms with Crippen LogP contribution in [0.2, 0.25) is 0 Å². The number of aromatic nitrogens is 2. The van der Waals surface area contributed by atoms with E-state index < -0.39 is 0 Å². The molecule has 0 fully saturated rings. The summed E-state index contributed by atoms with van der Waals surface area (Å²) in [4.78, 5) is 20.8. The Bertz CT molecular complexity index is 1210. The van der Waals surface area contributed by atoms with Gasteiger partial charge in [-0.3, -0.25) is 4.79 Å². The smallest absolute Gasteiger partial charge is 0.253 e. The van der Waals surface area contributed by atoms with Crippen molar-refractivity contribution in [3.05, 3.63) is 66.5 Å². The zero-order chi connectivity index (χ0) is 21.2. The third kappa shape index (κ3) is 3.96. The van der Waals surface area contributed by atoms with Crippen LogP contribution in [-0.4, -0.2) is 39.0 Å². The Labute approximate surface area is 182 Å². The van der Waals surface area contributed by atoms with Gasteiger partial charge in [-0.2, -0.15) is 5.10 Å². The lowest BCUT2D eigenvalue weighted by molar-refractivity contribution is -0.130. The molecule has 31 heavy (non-hydrogen) atoms. The summed E-state index contributed by atoms with van der Waals surface area (Å²) in [5.41, 5.74) is 2.41. The average Bonchev–Trinajstić information content (AvgIpc) is 3.56. The van der Waals surface area contributed by atoms with E-state index in [-0.39, 0.29) is 17.7 Å². The fraction of sp³-hybridized carbons (Fsp3) is 0.227. The van der Waals surface area contributed by atoms with Crippen LogP contribution in [0, 0.1) is 0 Å². The molecule has 1 N–H and O–H groups in total. The molecule has 1 aliphatic rings. The second kappa shape index (κ2) is 8.35. The summed E-state index contributed by atoms with van der Waals surface area (Å²) < 4.78 is 16.6. The summed E-state index contributed by atoms with van der Waals surface area (Å²) in [5, 5.41) is 6.69. The number of carbonyl (C=O) groups is 1. The largest absolute Gasteiger partial charge is 0.494 e. The number of H-pyrrole nitrogens is 1. The first-order valence-corrected chi connectivity index (χ1v) is 10.9. The molecule has 1 unspecified atom stereocenters. The lowest BCUT2D eigenvalue weighted by Crippen LogP contribution is -2.28. The third-order valence-corrected chi connectivity index (χ3v) is 5.78. The molecule has 1 amide bonds. The summed E-state index contributed by atoms with van der Waals surface area (Å²) in [7, 11) is 0. The Kier molecular flexibility index (Phi) is 5.25. The zero-order valence-electron chi connectivity index (χ0n) is 16.8. The van der Waals surface area contributed by atoms with Gasteiger partial charge in [-0.15, -0.1) is 0 Å². The number of thioether (sulfide) groups is 1. The van der Waals surface area contributed by atoms with Crippen LogP contribution in [0.25, 0.3) is 11.0 Å². The van der Waals surface area contributed by atoms with Crippen molar-refractivity contribution < 1.29 is 18.4 Å². The van der Waals surface area contributed by atoms with Gasteiger partial charge in [-0.1, -0.05) is 11.8 Å². The third-order valence-electron chi connectivity index (χ3n) is 4.92. The highest BCUT2D eigenvalue weighted by molar-refractivity contribution is 7.99. The molecular weight excluding hydrogens is 416 g/mol. The number of rotatable bonds is 7. The molecule has 1 aliphatic heterocycles. The second-order valence-corrected chi connectivity index (χ2v) is 7.90. The molecule has 1 atom stereocenters. The molecule has 1 aromatic carbocycles. The number of ether oxygens (including phenoxy) is 1. The van der Waals surface area contributed by atoms with Crippen LogP contribution in [0.15, 0.2) is 74.1 Å². The highest BCUT2D eigenvalue weighted by Gasteiger charge is 2.35. The highest BCUT2D eigenvalue weighted by Crippen LogP contribution is 2.34. The van der Waals surface area contributed by atoms with E-state index in [9.17, 15) is 4.79 Å².